The molecular weight excluding hydrogens is 270 g/mol. The molecule has 1 aromatic carbocycles. The molecule has 0 aliphatic carbocycles. The molecule has 0 saturated heterocycles. The topological polar surface area (TPSA) is 47.9 Å². The number of nitrogens with zero attached hydrogens (tertiary/aromatic N) is 1. The Bertz CT molecular complexity index is 452. The zero-order valence-corrected chi connectivity index (χ0v) is 13.7. The van der Waals surface area contributed by atoms with Gasteiger partial charge in [0.25, 0.3) is 0 Å². The van der Waals surface area contributed by atoms with E-state index >= 15 is 0 Å². The lowest BCUT2D eigenvalue weighted by Crippen LogP contribution is -2.33. The molecule has 5 heteroatoms. The lowest BCUT2D eigenvalue weighted by atomic mass is 10.2. The van der Waals surface area contributed by atoms with Crippen molar-refractivity contribution in [1.82, 2.24) is 0 Å². The predicted octanol–water partition coefficient (Wildman–Crippen LogP) is 3.74. The third kappa shape index (κ3) is 6.52. The van der Waals surface area contributed by atoms with Crippen molar-refractivity contribution in [2.24, 2.45) is 5.16 Å². The smallest absolute Gasteiger partial charge is 0.342 e. The Morgan fingerprint density at radius 3 is 2.40 bits per heavy atom. The molecule has 1 rings (SSSR count). The molecule has 0 aliphatic heterocycles. The third-order valence-electron chi connectivity index (χ3n) is 2.37. The molecular formula is C15H23NO3Si. The van der Waals surface area contributed by atoms with E-state index in [-0.39, 0.29) is 5.97 Å². The summed E-state index contributed by atoms with van der Waals surface area (Å²) in [7, 11) is -1.90. The van der Waals surface area contributed by atoms with Crippen LogP contribution in [0.2, 0.25) is 19.6 Å². The summed E-state index contributed by atoms with van der Waals surface area (Å²) in [6.45, 7) is 8.26. The molecule has 110 valence electrons. The molecule has 0 fully saturated rings. The SMILES string of the molecule is CCCC(=NOCc1ccccc1)C(=O)O[Si](C)(C)C. The van der Waals surface area contributed by atoms with Gasteiger partial charge in [-0.05, 0) is 25.2 Å². The van der Waals surface area contributed by atoms with Crippen LogP contribution in [0.3, 0.4) is 0 Å². The molecule has 0 aliphatic rings. The van der Waals surface area contributed by atoms with Gasteiger partial charge in [-0.25, -0.2) is 4.79 Å². The van der Waals surface area contributed by atoms with Crippen LogP contribution in [0.5, 0.6) is 0 Å². The Morgan fingerprint density at radius 1 is 1.20 bits per heavy atom. The van der Waals surface area contributed by atoms with Crippen molar-refractivity contribution in [3.63, 3.8) is 0 Å². The van der Waals surface area contributed by atoms with Crippen molar-refractivity contribution in [3.05, 3.63) is 35.9 Å². The molecule has 0 atom stereocenters. The summed E-state index contributed by atoms with van der Waals surface area (Å²) in [5, 5.41) is 3.96. The van der Waals surface area contributed by atoms with Gasteiger partial charge in [-0.1, -0.05) is 48.8 Å². The minimum absolute atomic E-state index is 0.348. The molecule has 0 saturated carbocycles. The van der Waals surface area contributed by atoms with Crippen LogP contribution in [0.4, 0.5) is 0 Å². The number of carbonyl (C=O) groups is 1. The highest BCUT2D eigenvalue weighted by atomic mass is 28.4. The summed E-state index contributed by atoms with van der Waals surface area (Å²) in [6, 6.07) is 9.73. The van der Waals surface area contributed by atoms with E-state index in [9.17, 15) is 4.79 Å². The largest absolute Gasteiger partial charge is 0.515 e. The van der Waals surface area contributed by atoms with E-state index in [4.69, 9.17) is 9.26 Å². The van der Waals surface area contributed by atoms with Crippen LogP contribution < -0.4 is 0 Å². The summed E-state index contributed by atoms with van der Waals surface area (Å²) in [5.74, 6) is -0.348. The predicted molar refractivity (Wildman–Crippen MR) is 83.0 cm³/mol. The highest BCUT2D eigenvalue weighted by Gasteiger charge is 2.23. The number of hydrogen-bond acceptors (Lipinski definition) is 4. The van der Waals surface area contributed by atoms with Crippen molar-refractivity contribution in [1.29, 1.82) is 0 Å². The van der Waals surface area contributed by atoms with Gasteiger partial charge in [0.1, 0.15) is 6.61 Å². The highest BCUT2D eigenvalue weighted by molar-refractivity contribution is 6.72. The molecule has 0 spiro atoms. The summed E-state index contributed by atoms with van der Waals surface area (Å²) < 4.78 is 5.44. The van der Waals surface area contributed by atoms with E-state index in [2.05, 4.69) is 5.16 Å². The van der Waals surface area contributed by atoms with Gasteiger partial charge in [-0.2, -0.15) is 0 Å². The first-order valence-electron chi connectivity index (χ1n) is 6.88. The van der Waals surface area contributed by atoms with Gasteiger partial charge < -0.3 is 9.26 Å². The molecule has 0 N–H and O–H groups in total. The summed E-state index contributed by atoms with van der Waals surface area (Å²) in [6.07, 6.45) is 1.40. The molecule has 0 heterocycles. The van der Waals surface area contributed by atoms with Crippen LogP contribution in [0.15, 0.2) is 35.5 Å². The lowest BCUT2D eigenvalue weighted by molar-refractivity contribution is -0.128. The van der Waals surface area contributed by atoms with Crippen molar-refractivity contribution in [3.8, 4) is 0 Å². The van der Waals surface area contributed by atoms with E-state index in [1.165, 1.54) is 0 Å². The fraction of sp³-hybridized carbons (Fsp3) is 0.467. The van der Waals surface area contributed by atoms with Gasteiger partial charge in [0, 0.05) is 6.42 Å². The zero-order chi connectivity index (χ0) is 15.0. The maximum Gasteiger partial charge on any atom is 0.342 e. The maximum atomic E-state index is 12.0. The number of hydrogen-bond donors (Lipinski definition) is 0. The normalized spacial score (nSPS) is 12.1. The fourth-order valence-corrected chi connectivity index (χ4v) is 2.19. The van der Waals surface area contributed by atoms with Crippen LogP contribution in [-0.4, -0.2) is 20.0 Å². The van der Waals surface area contributed by atoms with E-state index < -0.39 is 8.32 Å². The van der Waals surface area contributed by atoms with E-state index in [0.717, 1.165) is 12.0 Å². The number of oxime groups is 1. The summed E-state index contributed by atoms with van der Waals surface area (Å²) in [4.78, 5) is 17.3. The second kappa shape index (κ2) is 7.84. The van der Waals surface area contributed by atoms with Gasteiger partial charge >= 0.3 is 5.97 Å². The van der Waals surface area contributed by atoms with Crippen molar-refractivity contribution in [2.75, 3.05) is 0 Å². The molecule has 0 bridgehead atoms. The molecule has 1 aromatic rings. The highest BCUT2D eigenvalue weighted by Crippen LogP contribution is 2.07. The van der Waals surface area contributed by atoms with Crippen LogP contribution >= 0.6 is 0 Å². The first-order valence-corrected chi connectivity index (χ1v) is 10.3. The van der Waals surface area contributed by atoms with Gasteiger partial charge in [0.05, 0.1) is 0 Å². The summed E-state index contributed by atoms with van der Waals surface area (Å²) >= 11 is 0. The monoisotopic (exact) mass is 293 g/mol. The summed E-state index contributed by atoms with van der Waals surface area (Å²) in [5.41, 5.74) is 1.39. The van der Waals surface area contributed by atoms with Crippen molar-refractivity contribution < 1.29 is 14.1 Å². The Morgan fingerprint density at radius 2 is 1.85 bits per heavy atom. The number of benzene rings is 1. The van der Waals surface area contributed by atoms with Crippen LogP contribution in [0, 0.1) is 0 Å². The molecule has 0 unspecified atom stereocenters. The van der Waals surface area contributed by atoms with Crippen LogP contribution in [-0.2, 0) is 20.7 Å². The van der Waals surface area contributed by atoms with Crippen molar-refractivity contribution >= 4 is 20.0 Å². The zero-order valence-electron chi connectivity index (χ0n) is 12.7. The number of rotatable bonds is 7. The van der Waals surface area contributed by atoms with Gasteiger partial charge in [0.2, 0.25) is 8.32 Å². The fourth-order valence-electron chi connectivity index (χ4n) is 1.52. The third-order valence-corrected chi connectivity index (χ3v) is 3.17. The van der Waals surface area contributed by atoms with Crippen LogP contribution in [0.1, 0.15) is 25.3 Å². The molecule has 20 heavy (non-hydrogen) atoms. The Labute approximate surface area is 121 Å². The Kier molecular flexibility index (Phi) is 6.44. The van der Waals surface area contributed by atoms with Gasteiger partial charge in [-0.3, -0.25) is 0 Å². The van der Waals surface area contributed by atoms with Gasteiger partial charge in [-0.15, -0.1) is 0 Å². The molecule has 0 aromatic heterocycles. The van der Waals surface area contributed by atoms with E-state index in [0.29, 0.717) is 18.7 Å². The van der Waals surface area contributed by atoms with Crippen molar-refractivity contribution in [2.45, 2.75) is 46.0 Å². The number of carbonyl (C=O) groups excluding carboxylic acids is 1. The standard InChI is InChI=1S/C15H23NO3Si/c1-5-9-14(15(17)19-20(2,3)4)16-18-12-13-10-7-6-8-11-13/h6-8,10-11H,5,9,12H2,1-4H3. The maximum absolute atomic E-state index is 12.0. The first kappa shape index (κ1) is 16.4. The lowest BCUT2D eigenvalue weighted by Gasteiger charge is -2.17. The average molecular weight is 293 g/mol. The molecule has 0 radical (unpaired) electrons. The quantitative estimate of drug-likeness (QED) is 0.437. The second-order valence-corrected chi connectivity index (χ2v) is 9.98. The molecule has 0 amide bonds. The van der Waals surface area contributed by atoms with E-state index in [1.54, 1.807) is 0 Å². The minimum atomic E-state index is -1.90. The minimum Gasteiger partial charge on any atom is -0.515 e. The average Bonchev–Trinajstić information content (AvgIpc) is 2.37. The molecule has 4 nitrogen and oxygen atoms in total. The second-order valence-electron chi connectivity index (χ2n) is 5.55. The van der Waals surface area contributed by atoms with Crippen LogP contribution in [0.25, 0.3) is 0 Å². The Hall–Kier alpha value is -1.62. The van der Waals surface area contributed by atoms with E-state index in [1.807, 2.05) is 56.9 Å². The Balaban J connectivity index is 2.61. The van der Waals surface area contributed by atoms with Gasteiger partial charge in [0.15, 0.2) is 5.71 Å². The first-order chi connectivity index (χ1) is 9.42.